The zero-order valence-corrected chi connectivity index (χ0v) is 15.8. The van der Waals surface area contributed by atoms with Crippen LogP contribution in [0.5, 0.6) is 11.5 Å². The average Bonchev–Trinajstić information content (AvgIpc) is 2.70. The maximum absolute atomic E-state index is 12.5. The minimum absolute atomic E-state index is 0.166. The molecule has 6 nitrogen and oxygen atoms in total. The van der Waals surface area contributed by atoms with Crippen molar-refractivity contribution in [1.82, 2.24) is 0 Å². The van der Waals surface area contributed by atoms with E-state index in [0.29, 0.717) is 11.4 Å². The van der Waals surface area contributed by atoms with E-state index in [-0.39, 0.29) is 4.90 Å². The molecule has 0 aromatic heterocycles. The second kappa shape index (κ2) is 8.01. The molecule has 3 rings (SSSR count). The lowest BCUT2D eigenvalue weighted by Crippen LogP contribution is -2.12. The summed E-state index contributed by atoms with van der Waals surface area (Å²) in [7, 11) is -0.528. The smallest absolute Gasteiger partial charge is 0.261 e. The maximum Gasteiger partial charge on any atom is 0.261 e. The van der Waals surface area contributed by atoms with Crippen molar-refractivity contribution in [2.45, 2.75) is 4.90 Å². The second-order valence-electron chi connectivity index (χ2n) is 5.68. The van der Waals surface area contributed by atoms with Crippen LogP contribution in [-0.4, -0.2) is 22.6 Å². The van der Waals surface area contributed by atoms with Crippen LogP contribution in [0.15, 0.2) is 77.7 Å². The summed E-state index contributed by atoms with van der Waals surface area (Å²) in [6, 6.07) is 20.7. The van der Waals surface area contributed by atoms with E-state index in [1.54, 1.807) is 43.5 Å². The third-order valence-corrected chi connectivity index (χ3v) is 5.29. The molecule has 0 unspecified atom stereocenters. The summed E-state index contributed by atoms with van der Waals surface area (Å²) in [6.45, 7) is 0. The molecule has 0 saturated carbocycles. The minimum Gasteiger partial charge on any atom is -0.497 e. The number of rotatable bonds is 7. The average molecular weight is 384 g/mol. The molecule has 0 aliphatic heterocycles. The summed E-state index contributed by atoms with van der Waals surface area (Å²) in [5.74, 6) is 1.32. The summed E-state index contributed by atoms with van der Waals surface area (Å²) < 4.78 is 37.9. The molecule has 0 bridgehead atoms. The van der Waals surface area contributed by atoms with Gasteiger partial charge < -0.3 is 14.8 Å². The van der Waals surface area contributed by atoms with Crippen molar-refractivity contribution in [2.24, 2.45) is 0 Å². The second-order valence-corrected chi connectivity index (χ2v) is 7.37. The number of anilines is 3. The number of hydrogen-bond donors (Lipinski definition) is 2. The lowest BCUT2D eigenvalue weighted by molar-refractivity contribution is 0.414. The highest BCUT2D eigenvalue weighted by Crippen LogP contribution is 2.28. The molecular formula is C20H20N2O4S. The highest BCUT2D eigenvalue weighted by molar-refractivity contribution is 7.92. The molecule has 2 N–H and O–H groups in total. The molecule has 0 saturated heterocycles. The third-order valence-electron chi connectivity index (χ3n) is 3.89. The quantitative estimate of drug-likeness (QED) is 0.637. The predicted octanol–water partition coefficient (Wildman–Crippen LogP) is 4.25. The van der Waals surface area contributed by atoms with Crippen molar-refractivity contribution in [2.75, 3.05) is 24.3 Å². The van der Waals surface area contributed by atoms with Crippen molar-refractivity contribution in [3.63, 3.8) is 0 Å². The molecule has 0 aliphatic rings. The van der Waals surface area contributed by atoms with Crippen LogP contribution in [0.3, 0.4) is 0 Å². The molecule has 0 radical (unpaired) electrons. The van der Waals surface area contributed by atoms with Crippen LogP contribution in [0, 0.1) is 0 Å². The Morgan fingerprint density at radius 3 is 2.00 bits per heavy atom. The first kappa shape index (κ1) is 18.6. The Hall–Kier alpha value is -3.19. The van der Waals surface area contributed by atoms with Gasteiger partial charge in [-0.1, -0.05) is 12.1 Å². The predicted molar refractivity (Wildman–Crippen MR) is 107 cm³/mol. The maximum atomic E-state index is 12.5. The van der Waals surface area contributed by atoms with E-state index in [9.17, 15) is 8.42 Å². The van der Waals surface area contributed by atoms with Gasteiger partial charge in [-0.05, 0) is 60.7 Å². The summed E-state index contributed by atoms with van der Waals surface area (Å²) >= 11 is 0. The third kappa shape index (κ3) is 4.51. The first-order valence-corrected chi connectivity index (χ1v) is 9.67. The first-order valence-electron chi connectivity index (χ1n) is 8.19. The highest BCUT2D eigenvalue weighted by Gasteiger charge is 2.14. The number of sulfonamides is 1. The van der Waals surface area contributed by atoms with E-state index in [0.717, 1.165) is 17.1 Å². The normalized spacial score (nSPS) is 10.9. The highest BCUT2D eigenvalue weighted by atomic mass is 32.2. The fourth-order valence-corrected chi connectivity index (χ4v) is 3.55. The number of para-hydroxylation sites is 2. The lowest BCUT2D eigenvalue weighted by atomic mass is 10.2. The minimum atomic E-state index is -3.67. The Kier molecular flexibility index (Phi) is 5.52. The summed E-state index contributed by atoms with van der Waals surface area (Å²) in [5.41, 5.74) is 2.11. The number of hydrogen-bond acceptors (Lipinski definition) is 5. The molecule has 0 aliphatic carbocycles. The van der Waals surface area contributed by atoms with Crippen LogP contribution in [0.4, 0.5) is 17.1 Å². The Labute approximate surface area is 158 Å². The number of benzene rings is 3. The Balaban J connectivity index is 1.73. The van der Waals surface area contributed by atoms with Gasteiger partial charge in [0.15, 0.2) is 0 Å². The van der Waals surface area contributed by atoms with Crippen LogP contribution >= 0.6 is 0 Å². The standard InChI is InChI=1S/C20H20N2O4S/c1-25-17-11-13-18(14-12-17)27(23,24)22-16-9-7-15(8-10-16)21-19-5-3-4-6-20(19)26-2/h3-14,21-22H,1-2H3. The van der Waals surface area contributed by atoms with Crippen molar-refractivity contribution in [1.29, 1.82) is 0 Å². The van der Waals surface area contributed by atoms with Crippen molar-refractivity contribution in [3.05, 3.63) is 72.8 Å². The fraction of sp³-hybridized carbons (Fsp3) is 0.100. The number of ether oxygens (including phenoxy) is 2. The van der Waals surface area contributed by atoms with Gasteiger partial charge in [-0.15, -0.1) is 0 Å². The van der Waals surface area contributed by atoms with Gasteiger partial charge in [-0.2, -0.15) is 0 Å². The van der Waals surface area contributed by atoms with Gasteiger partial charge in [-0.3, -0.25) is 4.72 Å². The summed E-state index contributed by atoms with van der Waals surface area (Å²) in [5, 5.41) is 3.24. The zero-order valence-electron chi connectivity index (χ0n) is 15.0. The van der Waals surface area contributed by atoms with Gasteiger partial charge >= 0.3 is 0 Å². The lowest BCUT2D eigenvalue weighted by Gasteiger charge is -2.12. The Morgan fingerprint density at radius 1 is 0.741 bits per heavy atom. The molecule has 140 valence electrons. The van der Waals surface area contributed by atoms with Crippen LogP contribution in [0.2, 0.25) is 0 Å². The molecule has 27 heavy (non-hydrogen) atoms. The van der Waals surface area contributed by atoms with Crippen molar-refractivity contribution < 1.29 is 17.9 Å². The van der Waals surface area contributed by atoms with E-state index < -0.39 is 10.0 Å². The van der Waals surface area contributed by atoms with E-state index >= 15 is 0 Å². The van der Waals surface area contributed by atoms with Gasteiger partial charge in [-0.25, -0.2) is 8.42 Å². The van der Waals surface area contributed by atoms with Gasteiger partial charge in [0.2, 0.25) is 0 Å². The zero-order chi connectivity index (χ0) is 19.3. The summed E-state index contributed by atoms with van der Waals surface area (Å²) in [4.78, 5) is 0.166. The molecule has 0 fully saturated rings. The van der Waals surface area contributed by atoms with Gasteiger partial charge in [0.25, 0.3) is 10.0 Å². The van der Waals surface area contributed by atoms with E-state index in [2.05, 4.69) is 10.0 Å². The molecule has 0 spiro atoms. The number of methoxy groups -OCH3 is 2. The monoisotopic (exact) mass is 384 g/mol. The largest absolute Gasteiger partial charge is 0.497 e. The Morgan fingerprint density at radius 2 is 1.37 bits per heavy atom. The SMILES string of the molecule is COc1ccc(S(=O)(=O)Nc2ccc(Nc3ccccc3OC)cc2)cc1. The topological polar surface area (TPSA) is 76.7 Å². The molecule has 3 aromatic rings. The van der Waals surface area contributed by atoms with Crippen molar-refractivity contribution >= 4 is 27.1 Å². The van der Waals surface area contributed by atoms with E-state index in [4.69, 9.17) is 9.47 Å². The molecular weight excluding hydrogens is 364 g/mol. The molecule has 3 aromatic carbocycles. The Bertz CT molecular complexity index is 1000. The van der Waals surface area contributed by atoms with Crippen LogP contribution < -0.4 is 19.5 Å². The van der Waals surface area contributed by atoms with E-state index in [1.165, 1.54) is 19.2 Å². The van der Waals surface area contributed by atoms with Gasteiger partial charge in [0.1, 0.15) is 11.5 Å². The molecule has 7 heteroatoms. The van der Waals surface area contributed by atoms with Crippen LogP contribution in [0.25, 0.3) is 0 Å². The van der Waals surface area contributed by atoms with Crippen LogP contribution in [-0.2, 0) is 10.0 Å². The van der Waals surface area contributed by atoms with Gasteiger partial charge in [0.05, 0.1) is 24.8 Å². The van der Waals surface area contributed by atoms with Crippen LogP contribution in [0.1, 0.15) is 0 Å². The van der Waals surface area contributed by atoms with Gasteiger partial charge in [0, 0.05) is 11.4 Å². The molecule has 0 amide bonds. The number of nitrogens with one attached hydrogen (secondary N) is 2. The van der Waals surface area contributed by atoms with E-state index in [1.807, 2.05) is 24.3 Å². The first-order chi connectivity index (χ1) is 13.0. The fourth-order valence-electron chi connectivity index (χ4n) is 2.49. The van der Waals surface area contributed by atoms with Crippen molar-refractivity contribution in [3.8, 4) is 11.5 Å². The molecule has 0 atom stereocenters. The summed E-state index contributed by atoms with van der Waals surface area (Å²) in [6.07, 6.45) is 0. The molecule has 0 heterocycles.